The van der Waals surface area contributed by atoms with Crippen molar-refractivity contribution in [2.45, 2.75) is 57.9 Å². The lowest BCUT2D eigenvalue weighted by molar-refractivity contribution is -0.123. The molecule has 3 N–H and O–H groups in total. The summed E-state index contributed by atoms with van der Waals surface area (Å²) in [4.78, 5) is 14.2. The molecule has 0 bridgehead atoms. The molecule has 0 aromatic carbocycles. The van der Waals surface area contributed by atoms with Crippen LogP contribution in [-0.2, 0) is 4.79 Å². The van der Waals surface area contributed by atoms with Crippen LogP contribution < -0.4 is 11.1 Å². The van der Waals surface area contributed by atoms with E-state index in [4.69, 9.17) is 5.73 Å². The van der Waals surface area contributed by atoms with E-state index in [-0.39, 0.29) is 16.9 Å². The monoisotopic (exact) mass is 269 g/mol. The molecule has 0 aromatic heterocycles. The van der Waals surface area contributed by atoms with Crippen molar-refractivity contribution >= 4 is 5.91 Å². The predicted molar refractivity (Wildman–Crippen MR) is 80.0 cm³/mol. The van der Waals surface area contributed by atoms with Crippen molar-refractivity contribution in [2.24, 2.45) is 11.1 Å². The molecule has 1 fully saturated rings. The van der Waals surface area contributed by atoms with Crippen molar-refractivity contribution in [3.63, 3.8) is 0 Å². The summed E-state index contributed by atoms with van der Waals surface area (Å²) in [5.74, 6) is 0.108. The zero-order valence-electron chi connectivity index (χ0n) is 13.1. The highest BCUT2D eigenvalue weighted by Gasteiger charge is 2.30. The van der Waals surface area contributed by atoms with Crippen LogP contribution in [-0.4, -0.2) is 43.5 Å². The molecule has 4 nitrogen and oxygen atoms in total. The molecule has 0 aromatic rings. The van der Waals surface area contributed by atoms with E-state index in [0.29, 0.717) is 13.0 Å². The number of nitrogens with one attached hydrogen (secondary N) is 1. The summed E-state index contributed by atoms with van der Waals surface area (Å²) in [5.41, 5.74) is 6.15. The van der Waals surface area contributed by atoms with Crippen LogP contribution >= 0.6 is 0 Å². The van der Waals surface area contributed by atoms with Gasteiger partial charge in [-0.15, -0.1) is 0 Å². The summed E-state index contributed by atoms with van der Waals surface area (Å²) in [7, 11) is 4.11. The molecule has 0 saturated heterocycles. The average molecular weight is 269 g/mol. The molecule has 4 heteroatoms. The third-order valence-corrected chi connectivity index (χ3v) is 3.87. The van der Waals surface area contributed by atoms with E-state index in [9.17, 15) is 4.79 Å². The van der Waals surface area contributed by atoms with Crippen molar-refractivity contribution in [3.8, 4) is 0 Å². The van der Waals surface area contributed by atoms with Gasteiger partial charge in [-0.1, -0.05) is 33.1 Å². The fourth-order valence-corrected chi connectivity index (χ4v) is 3.06. The molecule has 0 heterocycles. The van der Waals surface area contributed by atoms with Crippen LogP contribution in [0, 0.1) is 5.41 Å². The average Bonchev–Trinajstić information content (AvgIpc) is 2.25. The quantitative estimate of drug-likeness (QED) is 0.772. The summed E-state index contributed by atoms with van der Waals surface area (Å²) in [5, 5.41) is 3.06. The number of hydrogen-bond donors (Lipinski definition) is 2. The van der Waals surface area contributed by atoms with Crippen LogP contribution in [0.15, 0.2) is 0 Å². The van der Waals surface area contributed by atoms with Gasteiger partial charge in [-0.3, -0.25) is 4.79 Å². The topological polar surface area (TPSA) is 58.4 Å². The van der Waals surface area contributed by atoms with Crippen LogP contribution in [0.5, 0.6) is 0 Å². The zero-order valence-corrected chi connectivity index (χ0v) is 13.1. The highest BCUT2D eigenvalue weighted by atomic mass is 16.1. The van der Waals surface area contributed by atoms with Gasteiger partial charge in [0.2, 0.25) is 5.91 Å². The first-order valence-corrected chi connectivity index (χ1v) is 7.43. The van der Waals surface area contributed by atoms with E-state index < -0.39 is 0 Å². The molecule has 1 rings (SSSR count). The van der Waals surface area contributed by atoms with Gasteiger partial charge in [0.25, 0.3) is 0 Å². The van der Waals surface area contributed by atoms with Gasteiger partial charge in [-0.05, 0) is 32.4 Å². The first-order valence-electron chi connectivity index (χ1n) is 7.43. The Labute approximate surface area is 118 Å². The van der Waals surface area contributed by atoms with Crippen molar-refractivity contribution in [2.75, 3.05) is 27.2 Å². The second-order valence-corrected chi connectivity index (χ2v) is 7.28. The number of hydrogen-bond acceptors (Lipinski definition) is 3. The molecular formula is C15H31N3O. The minimum absolute atomic E-state index is 0.0908. The second-order valence-electron chi connectivity index (χ2n) is 7.28. The van der Waals surface area contributed by atoms with Crippen molar-refractivity contribution in [3.05, 3.63) is 0 Å². The normalized spacial score (nSPS) is 19.5. The van der Waals surface area contributed by atoms with Crippen molar-refractivity contribution < 1.29 is 4.79 Å². The lowest BCUT2D eigenvalue weighted by Crippen LogP contribution is -2.47. The van der Waals surface area contributed by atoms with Gasteiger partial charge >= 0.3 is 0 Å². The maximum Gasteiger partial charge on any atom is 0.221 e. The third kappa shape index (κ3) is 6.39. The smallest absolute Gasteiger partial charge is 0.221 e. The highest BCUT2D eigenvalue weighted by molar-refractivity contribution is 5.77. The van der Waals surface area contributed by atoms with Gasteiger partial charge in [0.05, 0.1) is 0 Å². The second kappa shape index (κ2) is 6.71. The number of rotatable bonds is 6. The van der Waals surface area contributed by atoms with E-state index in [1.165, 1.54) is 6.42 Å². The first-order chi connectivity index (χ1) is 8.72. The van der Waals surface area contributed by atoms with Crippen LogP contribution in [0.4, 0.5) is 0 Å². The Kier molecular flexibility index (Phi) is 5.81. The number of amides is 1. The van der Waals surface area contributed by atoms with E-state index >= 15 is 0 Å². The third-order valence-electron chi connectivity index (χ3n) is 3.87. The SMILES string of the molecule is CN(C)CC(C)(C)CNC(=O)CC1(N)CCCCC1. The fourth-order valence-electron chi connectivity index (χ4n) is 3.06. The Morgan fingerprint density at radius 1 is 1.26 bits per heavy atom. The molecule has 0 atom stereocenters. The Balaban J connectivity index is 2.34. The van der Waals surface area contributed by atoms with Gasteiger partial charge in [-0.2, -0.15) is 0 Å². The highest BCUT2D eigenvalue weighted by Crippen LogP contribution is 2.28. The molecule has 1 amide bonds. The van der Waals surface area contributed by atoms with Gasteiger partial charge in [0.1, 0.15) is 0 Å². The molecule has 1 aliphatic carbocycles. The molecule has 1 saturated carbocycles. The molecule has 0 aliphatic heterocycles. The predicted octanol–water partition coefficient (Wildman–Crippen LogP) is 1.74. The summed E-state index contributed by atoms with van der Waals surface area (Å²) in [6, 6.07) is 0. The molecule has 1 aliphatic rings. The molecule has 112 valence electrons. The maximum absolute atomic E-state index is 12.0. The zero-order chi connectivity index (χ0) is 14.5. The van der Waals surface area contributed by atoms with E-state index in [1.807, 2.05) is 0 Å². The van der Waals surface area contributed by atoms with Crippen LogP contribution in [0.2, 0.25) is 0 Å². The Morgan fingerprint density at radius 3 is 2.37 bits per heavy atom. The van der Waals surface area contributed by atoms with Crippen LogP contribution in [0.25, 0.3) is 0 Å². The Morgan fingerprint density at radius 2 is 1.84 bits per heavy atom. The minimum Gasteiger partial charge on any atom is -0.355 e. The minimum atomic E-state index is -0.256. The lowest BCUT2D eigenvalue weighted by atomic mass is 9.80. The van der Waals surface area contributed by atoms with Crippen molar-refractivity contribution in [1.29, 1.82) is 0 Å². The van der Waals surface area contributed by atoms with E-state index in [2.05, 4.69) is 38.2 Å². The summed E-state index contributed by atoms with van der Waals surface area (Å²) >= 11 is 0. The van der Waals surface area contributed by atoms with Gasteiger partial charge < -0.3 is 16.0 Å². The van der Waals surface area contributed by atoms with Crippen LogP contribution in [0.1, 0.15) is 52.4 Å². The number of carbonyl (C=O) groups excluding carboxylic acids is 1. The lowest BCUT2D eigenvalue weighted by Gasteiger charge is -2.33. The molecule has 19 heavy (non-hydrogen) atoms. The largest absolute Gasteiger partial charge is 0.355 e. The van der Waals surface area contributed by atoms with E-state index in [1.54, 1.807) is 0 Å². The molecule has 0 radical (unpaired) electrons. The summed E-state index contributed by atoms with van der Waals surface area (Å²) < 4.78 is 0. The summed E-state index contributed by atoms with van der Waals surface area (Å²) in [6.07, 6.45) is 6.04. The molecule has 0 unspecified atom stereocenters. The van der Waals surface area contributed by atoms with Gasteiger partial charge in [0.15, 0.2) is 0 Å². The molecular weight excluding hydrogens is 238 g/mol. The number of nitrogens with zero attached hydrogens (tertiary/aromatic N) is 1. The Bertz CT molecular complexity index is 294. The van der Waals surface area contributed by atoms with Crippen LogP contribution in [0.3, 0.4) is 0 Å². The number of carbonyl (C=O) groups is 1. The maximum atomic E-state index is 12.0. The van der Waals surface area contributed by atoms with Gasteiger partial charge in [-0.25, -0.2) is 0 Å². The Hall–Kier alpha value is -0.610. The molecule has 0 spiro atoms. The fraction of sp³-hybridized carbons (Fsp3) is 0.933. The van der Waals surface area contributed by atoms with E-state index in [0.717, 1.165) is 32.2 Å². The first kappa shape index (κ1) is 16.4. The van der Waals surface area contributed by atoms with Gasteiger partial charge in [0, 0.05) is 25.0 Å². The standard InChI is InChI=1S/C15H31N3O/c1-14(2,12-18(3)4)11-17-13(19)10-15(16)8-6-5-7-9-15/h5-12,16H2,1-4H3,(H,17,19). The number of nitrogens with two attached hydrogens (primary N) is 1. The van der Waals surface area contributed by atoms with Crippen molar-refractivity contribution in [1.82, 2.24) is 10.2 Å². The summed E-state index contributed by atoms with van der Waals surface area (Å²) in [6.45, 7) is 6.01.